The molecule has 0 aromatic carbocycles. The molecule has 3 unspecified atom stereocenters. The van der Waals surface area contributed by atoms with E-state index in [1.165, 1.54) is 5.69 Å². The van der Waals surface area contributed by atoms with Crippen LogP contribution in [-0.2, 0) is 4.74 Å². The maximum absolute atomic E-state index is 5.65. The number of rotatable bonds is 6. The standard InChI is InChI=1S/C16H27N3O/c1-5-14(17-6-2)15-8-7-13(11-18-15)19(4)16-9-10-20-12(16)3/h7-8,11-12,14,16-17H,5-6,9-10H2,1-4H3. The Kier molecular flexibility index (Phi) is 5.38. The van der Waals surface area contributed by atoms with E-state index in [1.807, 2.05) is 6.20 Å². The second-order valence-corrected chi connectivity index (χ2v) is 5.50. The highest BCUT2D eigenvalue weighted by Gasteiger charge is 2.28. The maximum Gasteiger partial charge on any atom is 0.0750 e. The van der Waals surface area contributed by atoms with Gasteiger partial charge in [0.15, 0.2) is 0 Å². The van der Waals surface area contributed by atoms with Crippen molar-refractivity contribution in [2.24, 2.45) is 0 Å². The molecule has 0 spiro atoms. The van der Waals surface area contributed by atoms with E-state index in [2.05, 4.69) is 55.2 Å². The molecule has 1 fully saturated rings. The first kappa shape index (κ1) is 15.3. The highest BCUT2D eigenvalue weighted by molar-refractivity contribution is 5.45. The number of likely N-dealkylation sites (N-methyl/N-ethyl adjacent to an activating group) is 1. The van der Waals surface area contributed by atoms with Gasteiger partial charge in [0.1, 0.15) is 0 Å². The molecule has 0 radical (unpaired) electrons. The zero-order valence-electron chi connectivity index (χ0n) is 13.1. The lowest BCUT2D eigenvalue weighted by Gasteiger charge is -2.28. The summed E-state index contributed by atoms with van der Waals surface area (Å²) in [4.78, 5) is 6.94. The zero-order chi connectivity index (χ0) is 14.5. The predicted molar refractivity (Wildman–Crippen MR) is 83.2 cm³/mol. The number of aromatic nitrogens is 1. The Bertz CT molecular complexity index is 407. The molecule has 1 aromatic heterocycles. The van der Waals surface area contributed by atoms with Gasteiger partial charge in [0, 0.05) is 19.7 Å². The molecule has 1 saturated heterocycles. The topological polar surface area (TPSA) is 37.4 Å². The van der Waals surface area contributed by atoms with Gasteiger partial charge in [-0.2, -0.15) is 0 Å². The molecule has 1 aromatic rings. The normalized spacial score (nSPS) is 23.8. The van der Waals surface area contributed by atoms with Crippen molar-refractivity contribution in [2.75, 3.05) is 25.1 Å². The fourth-order valence-electron chi connectivity index (χ4n) is 2.94. The van der Waals surface area contributed by atoms with Crippen molar-refractivity contribution in [1.82, 2.24) is 10.3 Å². The summed E-state index contributed by atoms with van der Waals surface area (Å²) in [5.41, 5.74) is 2.30. The van der Waals surface area contributed by atoms with Gasteiger partial charge in [0.05, 0.1) is 29.7 Å². The van der Waals surface area contributed by atoms with Crippen LogP contribution in [0.25, 0.3) is 0 Å². The minimum Gasteiger partial charge on any atom is -0.376 e. The van der Waals surface area contributed by atoms with Gasteiger partial charge in [0.25, 0.3) is 0 Å². The third kappa shape index (κ3) is 3.30. The van der Waals surface area contributed by atoms with Crippen LogP contribution in [0.1, 0.15) is 45.3 Å². The van der Waals surface area contributed by atoms with E-state index in [0.29, 0.717) is 18.2 Å². The molecule has 2 rings (SSSR count). The maximum atomic E-state index is 5.65. The summed E-state index contributed by atoms with van der Waals surface area (Å²) in [5, 5.41) is 3.46. The molecule has 20 heavy (non-hydrogen) atoms. The third-order valence-corrected chi connectivity index (χ3v) is 4.23. The summed E-state index contributed by atoms with van der Waals surface area (Å²) in [6, 6.07) is 5.13. The average Bonchev–Trinajstić information content (AvgIpc) is 2.90. The van der Waals surface area contributed by atoms with Gasteiger partial charge < -0.3 is 15.0 Å². The Hall–Kier alpha value is -1.13. The van der Waals surface area contributed by atoms with Crippen molar-refractivity contribution >= 4 is 5.69 Å². The Labute approximate surface area is 122 Å². The molecule has 112 valence electrons. The monoisotopic (exact) mass is 277 g/mol. The SMILES string of the molecule is CCNC(CC)c1ccc(N(C)C2CCOC2C)cn1. The minimum absolute atomic E-state index is 0.296. The van der Waals surface area contributed by atoms with Crippen LogP contribution in [0, 0.1) is 0 Å². The largest absolute Gasteiger partial charge is 0.376 e. The molecule has 0 saturated carbocycles. The molecule has 0 aliphatic carbocycles. The molecular formula is C16H27N3O. The van der Waals surface area contributed by atoms with Crippen molar-refractivity contribution in [3.8, 4) is 0 Å². The first-order valence-electron chi connectivity index (χ1n) is 7.71. The smallest absolute Gasteiger partial charge is 0.0750 e. The molecule has 0 amide bonds. The fourth-order valence-corrected chi connectivity index (χ4v) is 2.94. The van der Waals surface area contributed by atoms with Gasteiger partial charge >= 0.3 is 0 Å². The van der Waals surface area contributed by atoms with E-state index in [1.54, 1.807) is 0 Å². The lowest BCUT2D eigenvalue weighted by molar-refractivity contribution is 0.118. The summed E-state index contributed by atoms with van der Waals surface area (Å²) in [6.45, 7) is 8.30. The summed E-state index contributed by atoms with van der Waals surface area (Å²) < 4.78 is 5.65. The predicted octanol–water partition coefficient (Wildman–Crippen LogP) is 2.76. The van der Waals surface area contributed by atoms with E-state index in [0.717, 1.165) is 31.7 Å². The van der Waals surface area contributed by atoms with Crippen molar-refractivity contribution in [2.45, 2.75) is 51.8 Å². The molecule has 1 N–H and O–H groups in total. The Balaban J connectivity index is 2.07. The first-order chi connectivity index (χ1) is 9.67. The summed E-state index contributed by atoms with van der Waals surface area (Å²) in [7, 11) is 2.13. The van der Waals surface area contributed by atoms with Crippen LogP contribution in [0.2, 0.25) is 0 Å². The van der Waals surface area contributed by atoms with Crippen LogP contribution in [0.3, 0.4) is 0 Å². The van der Waals surface area contributed by atoms with Crippen molar-refractivity contribution in [3.05, 3.63) is 24.0 Å². The number of anilines is 1. The molecule has 0 bridgehead atoms. The summed E-state index contributed by atoms with van der Waals surface area (Å²) in [5.74, 6) is 0. The van der Waals surface area contributed by atoms with Gasteiger partial charge in [-0.15, -0.1) is 0 Å². The van der Waals surface area contributed by atoms with Gasteiger partial charge in [-0.3, -0.25) is 4.98 Å². The van der Waals surface area contributed by atoms with Gasteiger partial charge in [0.2, 0.25) is 0 Å². The Morgan fingerprint density at radius 2 is 2.25 bits per heavy atom. The molecule has 1 aliphatic rings. The van der Waals surface area contributed by atoms with Crippen LogP contribution in [-0.4, -0.2) is 37.3 Å². The van der Waals surface area contributed by atoms with Gasteiger partial charge in [-0.1, -0.05) is 13.8 Å². The van der Waals surface area contributed by atoms with Crippen LogP contribution in [0.5, 0.6) is 0 Å². The minimum atomic E-state index is 0.296. The molecule has 3 atom stereocenters. The molecule has 2 heterocycles. The zero-order valence-corrected chi connectivity index (χ0v) is 13.1. The summed E-state index contributed by atoms with van der Waals surface area (Å²) in [6.07, 6.45) is 4.43. The number of ether oxygens (including phenoxy) is 1. The quantitative estimate of drug-likeness (QED) is 0.867. The molecular weight excluding hydrogens is 250 g/mol. The second-order valence-electron chi connectivity index (χ2n) is 5.50. The van der Waals surface area contributed by atoms with Crippen LogP contribution < -0.4 is 10.2 Å². The molecule has 1 aliphatic heterocycles. The third-order valence-electron chi connectivity index (χ3n) is 4.23. The average molecular weight is 277 g/mol. The van der Waals surface area contributed by atoms with E-state index in [-0.39, 0.29) is 0 Å². The molecule has 4 heteroatoms. The Morgan fingerprint density at radius 3 is 2.75 bits per heavy atom. The number of pyridine rings is 1. The number of nitrogens with one attached hydrogen (secondary N) is 1. The fraction of sp³-hybridized carbons (Fsp3) is 0.688. The Morgan fingerprint density at radius 1 is 1.45 bits per heavy atom. The van der Waals surface area contributed by atoms with Crippen molar-refractivity contribution < 1.29 is 4.74 Å². The van der Waals surface area contributed by atoms with E-state index in [4.69, 9.17) is 4.74 Å². The van der Waals surface area contributed by atoms with Gasteiger partial charge in [-0.25, -0.2) is 0 Å². The van der Waals surface area contributed by atoms with E-state index >= 15 is 0 Å². The van der Waals surface area contributed by atoms with Crippen LogP contribution in [0.4, 0.5) is 5.69 Å². The van der Waals surface area contributed by atoms with Gasteiger partial charge in [-0.05, 0) is 38.4 Å². The van der Waals surface area contributed by atoms with E-state index < -0.39 is 0 Å². The summed E-state index contributed by atoms with van der Waals surface area (Å²) >= 11 is 0. The lowest BCUT2D eigenvalue weighted by atomic mass is 10.1. The van der Waals surface area contributed by atoms with Crippen LogP contribution in [0.15, 0.2) is 18.3 Å². The van der Waals surface area contributed by atoms with Crippen molar-refractivity contribution in [3.63, 3.8) is 0 Å². The van der Waals surface area contributed by atoms with E-state index in [9.17, 15) is 0 Å². The number of nitrogens with zero attached hydrogens (tertiary/aromatic N) is 2. The lowest BCUT2D eigenvalue weighted by Crippen LogP contribution is -2.36. The number of hydrogen-bond acceptors (Lipinski definition) is 4. The highest BCUT2D eigenvalue weighted by Crippen LogP contribution is 2.24. The highest BCUT2D eigenvalue weighted by atomic mass is 16.5. The van der Waals surface area contributed by atoms with Crippen molar-refractivity contribution in [1.29, 1.82) is 0 Å². The second kappa shape index (κ2) is 7.04. The van der Waals surface area contributed by atoms with Crippen LogP contribution >= 0.6 is 0 Å². The molecule has 4 nitrogen and oxygen atoms in total. The number of hydrogen-bond donors (Lipinski definition) is 1. The first-order valence-corrected chi connectivity index (χ1v) is 7.71.